The second-order valence-electron chi connectivity index (χ2n) is 6.29. The molecule has 0 unspecified atom stereocenters. The molecule has 1 aliphatic carbocycles. The molecular weight excluding hydrogens is 313 g/mol. The minimum atomic E-state index is -0.346. The maximum Gasteiger partial charge on any atom is 0.241 e. The van der Waals surface area contributed by atoms with Crippen molar-refractivity contribution in [1.29, 1.82) is 0 Å². The SMILES string of the molecule is Cc1nnc([C@@H]2COCCN2C(=O)[C@@H]2C[C@@H]2c2cccc(F)c2)o1. The summed E-state index contributed by atoms with van der Waals surface area (Å²) in [6, 6.07) is 6.14. The predicted molar refractivity (Wildman–Crippen MR) is 81.6 cm³/mol. The molecule has 126 valence electrons. The standard InChI is InChI=1S/C17H18FN3O3/c1-10-19-20-16(24-10)15-9-23-6-5-21(15)17(22)14-8-13(14)11-3-2-4-12(18)7-11/h2-4,7,13-15H,5-6,8-9H2,1H3/t13-,14-,15+/m1/s1. The lowest BCUT2D eigenvalue weighted by atomic mass is 10.1. The van der Waals surface area contributed by atoms with E-state index in [4.69, 9.17) is 9.15 Å². The van der Waals surface area contributed by atoms with Crippen molar-refractivity contribution in [3.05, 3.63) is 47.4 Å². The van der Waals surface area contributed by atoms with Gasteiger partial charge in [-0.05, 0) is 30.0 Å². The predicted octanol–water partition coefficient (Wildman–Crippen LogP) is 2.22. The molecule has 2 aliphatic rings. The average molecular weight is 331 g/mol. The molecule has 0 N–H and O–H groups in total. The molecule has 0 radical (unpaired) electrons. The number of nitrogens with zero attached hydrogens (tertiary/aromatic N) is 3. The monoisotopic (exact) mass is 331 g/mol. The summed E-state index contributed by atoms with van der Waals surface area (Å²) < 4.78 is 24.4. The summed E-state index contributed by atoms with van der Waals surface area (Å²) in [5, 5.41) is 7.87. The Kier molecular flexibility index (Phi) is 3.80. The van der Waals surface area contributed by atoms with Gasteiger partial charge in [0.15, 0.2) is 0 Å². The Morgan fingerprint density at radius 3 is 3.00 bits per heavy atom. The Bertz CT molecular complexity index is 763. The molecule has 1 aromatic heterocycles. The van der Waals surface area contributed by atoms with E-state index in [1.807, 2.05) is 6.07 Å². The van der Waals surface area contributed by atoms with Gasteiger partial charge < -0.3 is 14.1 Å². The van der Waals surface area contributed by atoms with Crippen molar-refractivity contribution in [3.63, 3.8) is 0 Å². The first-order valence-corrected chi connectivity index (χ1v) is 8.07. The molecule has 3 atom stereocenters. The van der Waals surface area contributed by atoms with Crippen molar-refractivity contribution >= 4 is 5.91 Å². The number of halogens is 1. The zero-order valence-corrected chi connectivity index (χ0v) is 13.3. The van der Waals surface area contributed by atoms with Crippen LogP contribution in [0.3, 0.4) is 0 Å². The van der Waals surface area contributed by atoms with Crippen LogP contribution in [0.5, 0.6) is 0 Å². The Hall–Kier alpha value is -2.28. The Balaban J connectivity index is 1.51. The van der Waals surface area contributed by atoms with Crippen LogP contribution in [-0.2, 0) is 9.53 Å². The van der Waals surface area contributed by atoms with Crippen molar-refractivity contribution in [3.8, 4) is 0 Å². The summed E-state index contributed by atoms with van der Waals surface area (Å²) in [4.78, 5) is 14.7. The van der Waals surface area contributed by atoms with Crippen LogP contribution in [0.2, 0.25) is 0 Å². The summed E-state index contributed by atoms with van der Waals surface area (Å²) in [6.45, 7) is 3.06. The highest BCUT2D eigenvalue weighted by molar-refractivity contribution is 5.83. The number of rotatable bonds is 3. The Labute approximate surface area is 138 Å². The van der Waals surface area contributed by atoms with Crippen LogP contribution in [0.4, 0.5) is 4.39 Å². The van der Waals surface area contributed by atoms with Gasteiger partial charge in [0.2, 0.25) is 17.7 Å². The quantitative estimate of drug-likeness (QED) is 0.863. The molecule has 0 spiro atoms. The number of ether oxygens (including phenoxy) is 1. The van der Waals surface area contributed by atoms with Crippen molar-refractivity contribution in [2.75, 3.05) is 19.8 Å². The Morgan fingerprint density at radius 2 is 2.25 bits per heavy atom. The van der Waals surface area contributed by atoms with Gasteiger partial charge in [-0.2, -0.15) is 0 Å². The molecular formula is C17H18FN3O3. The first-order chi connectivity index (χ1) is 11.6. The van der Waals surface area contributed by atoms with Crippen molar-refractivity contribution in [2.45, 2.75) is 25.3 Å². The zero-order chi connectivity index (χ0) is 16.7. The van der Waals surface area contributed by atoms with Gasteiger partial charge >= 0.3 is 0 Å². The van der Waals surface area contributed by atoms with Gasteiger partial charge in [0.1, 0.15) is 11.9 Å². The smallest absolute Gasteiger partial charge is 0.241 e. The van der Waals surface area contributed by atoms with E-state index in [1.165, 1.54) is 12.1 Å². The number of aromatic nitrogens is 2. The van der Waals surface area contributed by atoms with Gasteiger partial charge in [-0.1, -0.05) is 12.1 Å². The largest absolute Gasteiger partial charge is 0.423 e. The van der Waals surface area contributed by atoms with E-state index >= 15 is 0 Å². The molecule has 1 aromatic carbocycles. The highest BCUT2D eigenvalue weighted by atomic mass is 19.1. The lowest BCUT2D eigenvalue weighted by molar-refractivity contribution is -0.142. The first kappa shape index (κ1) is 15.3. The highest BCUT2D eigenvalue weighted by Gasteiger charge is 2.48. The van der Waals surface area contributed by atoms with Crippen LogP contribution in [0.25, 0.3) is 0 Å². The summed E-state index contributed by atoms with van der Waals surface area (Å²) in [7, 11) is 0. The fourth-order valence-electron chi connectivity index (χ4n) is 3.31. The van der Waals surface area contributed by atoms with Gasteiger partial charge in [-0.3, -0.25) is 4.79 Å². The normalized spacial score (nSPS) is 26.4. The summed E-state index contributed by atoms with van der Waals surface area (Å²) in [6.07, 6.45) is 0.745. The molecule has 1 saturated heterocycles. The van der Waals surface area contributed by atoms with Crippen molar-refractivity contribution in [2.24, 2.45) is 5.92 Å². The minimum Gasteiger partial charge on any atom is -0.423 e. The number of aryl methyl sites for hydroxylation is 1. The molecule has 1 aliphatic heterocycles. The third kappa shape index (κ3) is 2.80. The third-order valence-corrected chi connectivity index (χ3v) is 4.62. The number of carbonyl (C=O) groups is 1. The molecule has 1 amide bonds. The Morgan fingerprint density at radius 1 is 1.38 bits per heavy atom. The van der Waals surface area contributed by atoms with Crippen LogP contribution in [0.15, 0.2) is 28.7 Å². The van der Waals surface area contributed by atoms with Gasteiger partial charge in [-0.15, -0.1) is 10.2 Å². The van der Waals surface area contributed by atoms with E-state index in [2.05, 4.69) is 10.2 Å². The summed E-state index contributed by atoms with van der Waals surface area (Å²) in [5.41, 5.74) is 0.881. The molecule has 24 heavy (non-hydrogen) atoms. The van der Waals surface area contributed by atoms with E-state index in [0.29, 0.717) is 31.5 Å². The maximum absolute atomic E-state index is 13.4. The van der Waals surface area contributed by atoms with Crippen LogP contribution in [0.1, 0.15) is 35.7 Å². The third-order valence-electron chi connectivity index (χ3n) is 4.62. The summed E-state index contributed by atoms with van der Waals surface area (Å²) in [5.74, 6) is 0.623. The molecule has 6 nitrogen and oxygen atoms in total. The second kappa shape index (κ2) is 5.98. The second-order valence-corrected chi connectivity index (χ2v) is 6.29. The zero-order valence-electron chi connectivity index (χ0n) is 13.3. The van der Waals surface area contributed by atoms with E-state index in [0.717, 1.165) is 12.0 Å². The van der Waals surface area contributed by atoms with E-state index in [9.17, 15) is 9.18 Å². The molecule has 2 aromatic rings. The molecule has 2 fully saturated rings. The number of morpholine rings is 1. The fraction of sp³-hybridized carbons (Fsp3) is 0.471. The van der Waals surface area contributed by atoms with Gasteiger partial charge in [0.25, 0.3) is 0 Å². The topological polar surface area (TPSA) is 68.5 Å². The summed E-state index contributed by atoms with van der Waals surface area (Å²) >= 11 is 0. The maximum atomic E-state index is 13.4. The number of hydrogen-bond donors (Lipinski definition) is 0. The molecule has 7 heteroatoms. The van der Waals surface area contributed by atoms with Crippen LogP contribution in [-0.4, -0.2) is 40.8 Å². The first-order valence-electron chi connectivity index (χ1n) is 8.07. The van der Waals surface area contributed by atoms with Crippen molar-refractivity contribution < 1.29 is 18.3 Å². The average Bonchev–Trinajstić information content (AvgIpc) is 3.28. The number of amides is 1. The van der Waals surface area contributed by atoms with Gasteiger partial charge in [0, 0.05) is 19.4 Å². The van der Waals surface area contributed by atoms with Crippen LogP contribution >= 0.6 is 0 Å². The van der Waals surface area contributed by atoms with Crippen molar-refractivity contribution in [1.82, 2.24) is 15.1 Å². The van der Waals surface area contributed by atoms with E-state index in [1.54, 1.807) is 17.9 Å². The van der Waals surface area contributed by atoms with E-state index in [-0.39, 0.29) is 29.6 Å². The van der Waals surface area contributed by atoms with Crippen LogP contribution < -0.4 is 0 Å². The van der Waals surface area contributed by atoms with Gasteiger partial charge in [0.05, 0.1) is 13.2 Å². The lowest BCUT2D eigenvalue weighted by Gasteiger charge is -2.33. The lowest BCUT2D eigenvalue weighted by Crippen LogP contribution is -2.44. The number of benzene rings is 1. The van der Waals surface area contributed by atoms with E-state index < -0.39 is 0 Å². The molecule has 0 bridgehead atoms. The number of carbonyl (C=O) groups excluding carboxylic acids is 1. The fourth-order valence-corrected chi connectivity index (χ4v) is 3.31. The minimum absolute atomic E-state index is 0.0495. The number of hydrogen-bond acceptors (Lipinski definition) is 5. The van der Waals surface area contributed by atoms with Crippen LogP contribution in [0, 0.1) is 18.7 Å². The molecule has 2 heterocycles. The molecule has 4 rings (SSSR count). The molecule has 1 saturated carbocycles. The van der Waals surface area contributed by atoms with Gasteiger partial charge in [-0.25, -0.2) is 4.39 Å². The highest BCUT2D eigenvalue weighted by Crippen LogP contribution is 2.49.